The monoisotopic (exact) mass is 401 g/mol. The molecule has 8 nitrogen and oxygen atoms in total. The van der Waals surface area contributed by atoms with Crippen molar-refractivity contribution in [1.29, 1.82) is 0 Å². The summed E-state index contributed by atoms with van der Waals surface area (Å²) in [5, 5.41) is 0. The normalized spacial score (nSPS) is 10.9. The number of rotatable bonds is 9. The van der Waals surface area contributed by atoms with Crippen LogP contribution in [0.1, 0.15) is 49.5 Å². The van der Waals surface area contributed by atoms with E-state index in [0.717, 1.165) is 10.1 Å². The number of benzene rings is 1. The maximum atomic E-state index is 12.7. The molecule has 29 heavy (non-hydrogen) atoms. The molecule has 0 fully saturated rings. The summed E-state index contributed by atoms with van der Waals surface area (Å²) in [5.74, 6) is -1.14. The molecule has 0 spiro atoms. The van der Waals surface area contributed by atoms with E-state index in [0.29, 0.717) is 12.3 Å². The Labute approximate surface area is 168 Å². The molecular weight excluding hydrogens is 374 g/mol. The molecule has 0 aliphatic rings. The summed E-state index contributed by atoms with van der Waals surface area (Å²) in [7, 11) is 0. The molecule has 0 unspecified atom stereocenters. The average molecular weight is 401 g/mol. The van der Waals surface area contributed by atoms with Gasteiger partial charge in [-0.3, -0.25) is 23.5 Å². The molecule has 1 aromatic heterocycles. The minimum atomic E-state index is -0.775. The Morgan fingerprint density at radius 1 is 1.10 bits per heavy atom. The fourth-order valence-corrected chi connectivity index (χ4v) is 2.87. The zero-order valence-corrected chi connectivity index (χ0v) is 17.0. The van der Waals surface area contributed by atoms with Gasteiger partial charge in [-0.2, -0.15) is 0 Å². The van der Waals surface area contributed by atoms with Gasteiger partial charge in [-0.25, -0.2) is 4.79 Å². The van der Waals surface area contributed by atoms with Crippen LogP contribution in [0.5, 0.6) is 0 Å². The van der Waals surface area contributed by atoms with Gasteiger partial charge in [-0.15, -0.1) is 0 Å². The topological polar surface area (TPSA) is 113 Å². The first kappa shape index (κ1) is 22.1. The van der Waals surface area contributed by atoms with Gasteiger partial charge in [-0.05, 0) is 24.8 Å². The molecule has 8 heteroatoms. The standard InChI is InChI=1S/C21H27N3O5/c1-4-23-20(27)18(16(25)13-29-17(26)11-10-14(2)3)19(22)24(21(23)28)12-15-8-6-5-7-9-15/h5-9,14H,4,10-13,22H2,1-3H3. The molecule has 0 aliphatic carbocycles. The highest BCUT2D eigenvalue weighted by atomic mass is 16.5. The van der Waals surface area contributed by atoms with Crippen molar-refractivity contribution in [2.24, 2.45) is 5.92 Å². The van der Waals surface area contributed by atoms with Crippen LogP contribution in [0.2, 0.25) is 0 Å². The summed E-state index contributed by atoms with van der Waals surface area (Å²) in [6.45, 7) is 5.18. The third-order valence-electron chi connectivity index (χ3n) is 4.54. The number of ketones is 1. The van der Waals surface area contributed by atoms with Crippen molar-refractivity contribution in [3.05, 3.63) is 62.3 Å². The number of carbonyl (C=O) groups is 2. The number of hydrogen-bond donors (Lipinski definition) is 1. The highest BCUT2D eigenvalue weighted by Crippen LogP contribution is 2.11. The first-order chi connectivity index (χ1) is 13.8. The van der Waals surface area contributed by atoms with Gasteiger partial charge in [0.15, 0.2) is 6.61 Å². The number of nitrogens with zero attached hydrogens (tertiary/aromatic N) is 2. The van der Waals surface area contributed by atoms with Crippen LogP contribution in [0.25, 0.3) is 0 Å². The predicted molar refractivity (Wildman–Crippen MR) is 110 cm³/mol. The Kier molecular flexibility index (Phi) is 7.52. The average Bonchev–Trinajstić information content (AvgIpc) is 2.69. The molecule has 2 aromatic rings. The Morgan fingerprint density at radius 2 is 1.76 bits per heavy atom. The van der Waals surface area contributed by atoms with E-state index in [1.807, 2.05) is 44.2 Å². The minimum Gasteiger partial charge on any atom is -0.457 e. The second kappa shape index (κ2) is 9.86. The second-order valence-electron chi connectivity index (χ2n) is 7.18. The van der Waals surface area contributed by atoms with Crippen LogP contribution in [0, 0.1) is 5.92 Å². The largest absolute Gasteiger partial charge is 0.457 e. The summed E-state index contributed by atoms with van der Waals surface area (Å²) >= 11 is 0. The fraction of sp³-hybridized carbons (Fsp3) is 0.429. The van der Waals surface area contributed by atoms with Crippen LogP contribution in [-0.4, -0.2) is 27.5 Å². The maximum absolute atomic E-state index is 12.7. The number of Topliss-reactive ketones (excluding diaryl/α,β-unsaturated/α-hetero) is 1. The molecule has 156 valence electrons. The van der Waals surface area contributed by atoms with Gasteiger partial charge in [0.2, 0.25) is 5.78 Å². The molecule has 0 atom stereocenters. The number of anilines is 1. The van der Waals surface area contributed by atoms with Gasteiger partial charge in [0.1, 0.15) is 11.4 Å². The zero-order valence-electron chi connectivity index (χ0n) is 17.0. The summed E-state index contributed by atoms with van der Waals surface area (Å²) in [6.07, 6.45) is 0.826. The van der Waals surface area contributed by atoms with Crippen LogP contribution in [0.15, 0.2) is 39.9 Å². The van der Waals surface area contributed by atoms with Crippen LogP contribution < -0.4 is 17.0 Å². The lowest BCUT2D eigenvalue weighted by Gasteiger charge is -2.16. The van der Waals surface area contributed by atoms with Crippen molar-refractivity contribution in [3.63, 3.8) is 0 Å². The summed E-state index contributed by atoms with van der Waals surface area (Å²) < 4.78 is 7.14. The van der Waals surface area contributed by atoms with Crippen molar-refractivity contribution < 1.29 is 14.3 Å². The van der Waals surface area contributed by atoms with Crippen molar-refractivity contribution in [2.75, 3.05) is 12.3 Å². The first-order valence-corrected chi connectivity index (χ1v) is 9.62. The zero-order chi connectivity index (χ0) is 21.6. The lowest BCUT2D eigenvalue weighted by atomic mass is 10.1. The van der Waals surface area contributed by atoms with Crippen molar-refractivity contribution in [1.82, 2.24) is 9.13 Å². The van der Waals surface area contributed by atoms with Gasteiger partial charge >= 0.3 is 11.7 Å². The van der Waals surface area contributed by atoms with Gasteiger partial charge in [0.25, 0.3) is 5.56 Å². The Balaban J connectivity index is 2.34. The number of hydrogen-bond acceptors (Lipinski definition) is 6. The second-order valence-corrected chi connectivity index (χ2v) is 7.18. The van der Waals surface area contributed by atoms with Crippen LogP contribution >= 0.6 is 0 Å². The van der Waals surface area contributed by atoms with E-state index in [1.54, 1.807) is 6.92 Å². The number of esters is 1. The third-order valence-corrected chi connectivity index (χ3v) is 4.54. The number of nitrogen functional groups attached to an aromatic ring is 1. The van der Waals surface area contributed by atoms with E-state index in [2.05, 4.69) is 0 Å². The molecule has 0 saturated carbocycles. The van der Waals surface area contributed by atoms with Crippen molar-refractivity contribution >= 4 is 17.6 Å². The van der Waals surface area contributed by atoms with E-state index in [4.69, 9.17) is 10.5 Å². The Morgan fingerprint density at radius 3 is 2.34 bits per heavy atom. The smallest absolute Gasteiger partial charge is 0.332 e. The summed E-state index contributed by atoms with van der Waals surface area (Å²) in [6, 6.07) is 9.09. The lowest BCUT2D eigenvalue weighted by molar-refractivity contribution is -0.142. The van der Waals surface area contributed by atoms with E-state index < -0.39 is 29.6 Å². The number of carbonyl (C=O) groups excluding carboxylic acids is 2. The molecule has 2 rings (SSSR count). The molecule has 0 radical (unpaired) electrons. The van der Waals surface area contributed by atoms with E-state index >= 15 is 0 Å². The SMILES string of the molecule is CCn1c(=O)c(C(=O)COC(=O)CCC(C)C)c(N)n(Cc2ccccc2)c1=O. The van der Waals surface area contributed by atoms with E-state index in [9.17, 15) is 19.2 Å². The maximum Gasteiger partial charge on any atom is 0.332 e. The van der Waals surface area contributed by atoms with Crippen molar-refractivity contribution in [3.8, 4) is 0 Å². The molecule has 0 bridgehead atoms. The Hall–Kier alpha value is -3.16. The first-order valence-electron chi connectivity index (χ1n) is 9.62. The summed E-state index contributed by atoms with van der Waals surface area (Å²) in [4.78, 5) is 49.8. The molecule has 0 aliphatic heterocycles. The van der Waals surface area contributed by atoms with Gasteiger partial charge in [0, 0.05) is 13.0 Å². The third kappa shape index (κ3) is 5.43. The van der Waals surface area contributed by atoms with E-state index in [1.165, 1.54) is 4.57 Å². The van der Waals surface area contributed by atoms with Crippen LogP contribution in [-0.2, 0) is 22.6 Å². The number of aromatic nitrogens is 2. The van der Waals surface area contributed by atoms with Gasteiger partial charge in [0.05, 0.1) is 6.54 Å². The predicted octanol–water partition coefficient (Wildman–Crippen LogP) is 1.82. The lowest BCUT2D eigenvalue weighted by Crippen LogP contribution is -2.44. The van der Waals surface area contributed by atoms with E-state index in [-0.39, 0.29) is 30.9 Å². The fourth-order valence-electron chi connectivity index (χ4n) is 2.87. The van der Waals surface area contributed by atoms with Crippen molar-refractivity contribution in [2.45, 2.75) is 46.7 Å². The highest BCUT2D eigenvalue weighted by molar-refractivity contribution is 6.01. The molecule has 0 saturated heterocycles. The minimum absolute atomic E-state index is 0.0845. The number of nitrogens with two attached hydrogens (primary N) is 1. The molecule has 2 N–H and O–H groups in total. The quantitative estimate of drug-likeness (QED) is 0.506. The Bertz CT molecular complexity index is 990. The van der Waals surface area contributed by atoms with Gasteiger partial charge in [-0.1, -0.05) is 44.2 Å². The van der Waals surface area contributed by atoms with Crippen LogP contribution in [0.3, 0.4) is 0 Å². The highest BCUT2D eigenvalue weighted by Gasteiger charge is 2.23. The molecule has 1 aromatic carbocycles. The molecular formula is C21H27N3O5. The molecule has 1 heterocycles. The summed E-state index contributed by atoms with van der Waals surface area (Å²) in [5.41, 5.74) is 5.14. The van der Waals surface area contributed by atoms with Gasteiger partial charge < -0.3 is 10.5 Å². The number of ether oxygens (including phenoxy) is 1. The van der Waals surface area contributed by atoms with Crippen LogP contribution in [0.4, 0.5) is 5.82 Å². The molecule has 0 amide bonds.